The smallest absolute Gasteiger partial charge is 0.274 e. The molecule has 3 aromatic rings. The lowest BCUT2D eigenvalue weighted by Gasteiger charge is -2.10. The SMILES string of the molecule is COc1ccccc1NC(=O)c1ccc(Nc2ccc(Br)cc2)cn1. The van der Waals surface area contributed by atoms with Gasteiger partial charge in [-0.25, -0.2) is 4.98 Å². The van der Waals surface area contributed by atoms with Crippen LogP contribution in [0.25, 0.3) is 0 Å². The molecule has 0 aliphatic heterocycles. The van der Waals surface area contributed by atoms with Crippen LogP contribution in [-0.4, -0.2) is 18.0 Å². The van der Waals surface area contributed by atoms with Crippen molar-refractivity contribution in [3.8, 4) is 5.75 Å². The van der Waals surface area contributed by atoms with Gasteiger partial charge in [-0.2, -0.15) is 0 Å². The molecule has 0 radical (unpaired) electrons. The molecule has 0 fully saturated rings. The van der Waals surface area contributed by atoms with Crippen molar-refractivity contribution in [1.82, 2.24) is 4.98 Å². The van der Waals surface area contributed by atoms with E-state index in [0.717, 1.165) is 15.8 Å². The van der Waals surface area contributed by atoms with Crippen molar-refractivity contribution in [1.29, 1.82) is 0 Å². The molecular weight excluding hydrogens is 382 g/mol. The highest BCUT2D eigenvalue weighted by Crippen LogP contribution is 2.24. The number of nitrogens with one attached hydrogen (secondary N) is 2. The van der Waals surface area contributed by atoms with Gasteiger partial charge in [0.2, 0.25) is 0 Å². The zero-order valence-electron chi connectivity index (χ0n) is 13.5. The van der Waals surface area contributed by atoms with Crippen molar-refractivity contribution < 1.29 is 9.53 Å². The van der Waals surface area contributed by atoms with Crippen LogP contribution in [-0.2, 0) is 0 Å². The number of pyridine rings is 1. The zero-order valence-corrected chi connectivity index (χ0v) is 15.1. The lowest BCUT2D eigenvalue weighted by Crippen LogP contribution is -2.14. The minimum absolute atomic E-state index is 0.292. The van der Waals surface area contributed by atoms with Gasteiger partial charge in [0.05, 0.1) is 24.7 Å². The van der Waals surface area contributed by atoms with Gasteiger partial charge in [0.1, 0.15) is 11.4 Å². The average Bonchev–Trinajstić information content (AvgIpc) is 2.64. The number of para-hydroxylation sites is 2. The fourth-order valence-corrected chi connectivity index (χ4v) is 2.50. The second-order valence-corrected chi connectivity index (χ2v) is 6.13. The molecule has 3 rings (SSSR count). The Morgan fingerprint density at radius 2 is 1.72 bits per heavy atom. The molecule has 126 valence electrons. The largest absolute Gasteiger partial charge is 0.495 e. The number of hydrogen-bond acceptors (Lipinski definition) is 4. The molecule has 1 aromatic heterocycles. The van der Waals surface area contributed by atoms with Gasteiger partial charge in [-0.3, -0.25) is 4.79 Å². The van der Waals surface area contributed by atoms with E-state index in [0.29, 0.717) is 17.1 Å². The molecule has 0 atom stereocenters. The fourth-order valence-electron chi connectivity index (χ4n) is 2.24. The highest BCUT2D eigenvalue weighted by atomic mass is 79.9. The number of carbonyl (C=O) groups is 1. The second-order valence-electron chi connectivity index (χ2n) is 5.22. The minimum Gasteiger partial charge on any atom is -0.495 e. The monoisotopic (exact) mass is 397 g/mol. The number of benzene rings is 2. The first-order valence-corrected chi connectivity index (χ1v) is 8.38. The predicted octanol–water partition coefficient (Wildman–Crippen LogP) is 4.85. The van der Waals surface area contributed by atoms with E-state index in [-0.39, 0.29) is 5.91 Å². The zero-order chi connectivity index (χ0) is 17.6. The molecule has 0 aliphatic carbocycles. The van der Waals surface area contributed by atoms with Gasteiger partial charge < -0.3 is 15.4 Å². The maximum Gasteiger partial charge on any atom is 0.274 e. The molecule has 0 saturated heterocycles. The number of aromatic nitrogens is 1. The summed E-state index contributed by atoms with van der Waals surface area (Å²) in [4.78, 5) is 16.6. The third kappa shape index (κ3) is 4.36. The lowest BCUT2D eigenvalue weighted by molar-refractivity contribution is 0.102. The summed E-state index contributed by atoms with van der Waals surface area (Å²) in [5.74, 6) is 0.309. The van der Waals surface area contributed by atoms with Crippen molar-refractivity contribution in [2.24, 2.45) is 0 Å². The Hall–Kier alpha value is -2.86. The summed E-state index contributed by atoms with van der Waals surface area (Å²) in [5, 5.41) is 6.03. The second kappa shape index (κ2) is 7.81. The predicted molar refractivity (Wildman–Crippen MR) is 103 cm³/mol. The van der Waals surface area contributed by atoms with Crippen molar-refractivity contribution in [3.05, 3.63) is 77.0 Å². The van der Waals surface area contributed by atoms with Gasteiger partial charge >= 0.3 is 0 Å². The topological polar surface area (TPSA) is 63.2 Å². The Bertz CT molecular complexity index is 865. The van der Waals surface area contributed by atoms with Gasteiger partial charge in [-0.15, -0.1) is 0 Å². The third-order valence-corrected chi connectivity index (χ3v) is 4.01. The highest BCUT2D eigenvalue weighted by Gasteiger charge is 2.10. The maximum atomic E-state index is 12.3. The first-order chi connectivity index (χ1) is 12.2. The molecule has 1 heterocycles. The number of carbonyl (C=O) groups excluding carboxylic acids is 1. The van der Waals surface area contributed by atoms with Gasteiger partial charge in [0.25, 0.3) is 5.91 Å². The molecule has 2 N–H and O–H groups in total. The fraction of sp³-hybridized carbons (Fsp3) is 0.0526. The quantitative estimate of drug-likeness (QED) is 0.645. The molecule has 1 amide bonds. The van der Waals surface area contributed by atoms with Crippen LogP contribution < -0.4 is 15.4 Å². The number of ether oxygens (including phenoxy) is 1. The number of anilines is 3. The number of methoxy groups -OCH3 is 1. The van der Waals surface area contributed by atoms with Crippen LogP contribution in [0.1, 0.15) is 10.5 Å². The van der Waals surface area contributed by atoms with Crippen LogP contribution in [0, 0.1) is 0 Å². The van der Waals surface area contributed by atoms with Crippen molar-refractivity contribution in [3.63, 3.8) is 0 Å². The van der Waals surface area contributed by atoms with Gasteiger partial charge in [0, 0.05) is 10.2 Å². The summed E-state index contributed by atoms with van der Waals surface area (Å²) >= 11 is 3.40. The maximum absolute atomic E-state index is 12.3. The van der Waals surface area contributed by atoms with Crippen molar-refractivity contribution in [2.45, 2.75) is 0 Å². The van der Waals surface area contributed by atoms with Crippen LogP contribution in [0.4, 0.5) is 17.1 Å². The van der Waals surface area contributed by atoms with E-state index in [9.17, 15) is 4.79 Å². The Morgan fingerprint density at radius 1 is 1.00 bits per heavy atom. The van der Waals surface area contributed by atoms with E-state index in [2.05, 4.69) is 31.5 Å². The van der Waals surface area contributed by atoms with Gasteiger partial charge in [0.15, 0.2) is 0 Å². The number of hydrogen-bond donors (Lipinski definition) is 2. The summed E-state index contributed by atoms with van der Waals surface area (Å²) in [7, 11) is 1.56. The highest BCUT2D eigenvalue weighted by molar-refractivity contribution is 9.10. The van der Waals surface area contributed by atoms with Crippen LogP contribution >= 0.6 is 15.9 Å². The molecular formula is C19H16BrN3O2. The molecule has 0 aliphatic rings. The normalized spacial score (nSPS) is 10.2. The molecule has 6 heteroatoms. The molecule has 0 unspecified atom stereocenters. The summed E-state index contributed by atoms with van der Waals surface area (Å²) in [6, 6.07) is 18.5. The van der Waals surface area contributed by atoms with Crippen LogP contribution in [0.5, 0.6) is 5.75 Å². The van der Waals surface area contributed by atoms with E-state index < -0.39 is 0 Å². The van der Waals surface area contributed by atoms with Crippen LogP contribution in [0.15, 0.2) is 71.3 Å². The molecule has 0 saturated carbocycles. The third-order valence-electron chi connectivity index (χ3n) is 3.48. The van der Waals surface area contributed by atoms with Gasteiger partial charge in [-0.1, -0.05) is 28.1 Å². The number of amides is 1. The van der Waals surface area contributed by atoms with Gasteiger partial charge in [-0.05, 0) is 48.5 Å². The lowest BCUT2D eigenvalue weighted by atomic mass is 10.2. The van der Waals surface area contributed by atoms with Crippen LogP contribution in [0.2, 0.25) is 0 Å². The summed E-state index contributed by atoms with van der Waals surface area (Å²) in [6.45, 7) is 0. The average molecular weight is 398 g/mol. The summed E-state index contributed by atoms with van der Waals surface area (Å²) in [6.07, 6.45) is 1.62. The molecule has 0 bridgehead atoms. The Morgan fingerprint density at radius 3 is 2.40 bits per heavy atom. The van der Waals surface area contributed by atoms with E-state index >= 15 is 0 Å². The van der Waals surface area contributed by atoms with E-state index in [1.54, 1.807) is 31.5 Å². The standard InChI is InChI=1S/C19H16BrN3O2/c1-25-18-5-3-2-4-16(18)23-19(24)17-11-10-15(12-21-17)22-14-8-6-13(20)7-9-14/h2-12,22H,1H3,(H,23,24). The Kier molecular flexibility index (Phi) is 5.30. The van der Waals surface area contributed by atoms with Crippen LogP contribution in [0.3, 0.4) is 0 Å². The molecule has 2 aromatic carbocycles. The number of rotatable bonds is 5. The Balaban J connectivity index is 1.69. The molecule has 25 heavy (non-hydrogen) atoms. The number of nitrogens with zero attached hydrogens (tertiary/aromatic N) is 1. The summed E-state index contributed by atoms with van der Waals surface area (Å²) in [5.41, 5.74) is 2.67. The minimum atomic E-state index is -0.292. The van der Waals surface area contributed by atoms with E-state index in [4.69, 9.17) is 4.74 Å². The van der Waals surface area contributed by atoms with E-state index in [1.165, 1.54) is 0 Å². The summed E-state index contributed by atoms with van der Waals surface area (Å²) < 4.78 is 6.24. The van der Waals surface area contributed by atoms with Crippen molar-refractivity contribution in [2.75, 3.05) is 17.7 Å². The molecule has 0 spiro atoms. The Labute approximate surface area is 154 Å². The first kappa shape index (κ1) is 17.0. The number of halogens is 1. The van der Waals surface area contributed by atoms with E-state index in [1.807, 2.05) is 42.5 Å². The van der Waals surface area contributed by atoms with Crippen molar-refractivity contribution >= 4 is 38.9 Å². The first-order valence-electron chi connectivity index (χ1n) is 7.59. The molecule has 5 nitrogen and oxygen atoms in total.